The fraction of sp³-hybridized carbons (Fsp3) is 0. The smallest absolute Gasteiger partial charge is 0.136 e. The largest absolute Gasteiger partial charge is 0.456 e. The zero-order chi connectivity index (χ0) is 28.3. The quantitative estimate of drug-likeness (QED) is 0.210. The van der Waals surface area contributed by atoms with Gasteiger partial charge in [0.15, 0.2) is 0 Å². The van der Waals surface area contributed by atoms with Gasteiger partial charge >= 0.3 is 0 Å². The number of para-hydroxylation sites is 2. The third-order valence-electron chi connectivity index (χ3n) is 8.46. The summed E-state index contributed by atoms with van der Waals surface area (Å²) in [5.74, 6) is 0. The van der Waals surface area contributed by atoms with E-state index in [-0.39, 0.29) is 0 Å². The molecule has 0 saturated carbocycles. The topological polar surface area (TPSA) is 16.4 Å². The van der Waals surface area contributed by atoms with Gasteiger partial charge in [0.2, 0.25) is 0 Å². The van der Waals surface area contributed by atoms with Crippen molar-refractivity contribution in [3.05, 3.63) is 152 Å². The molecule has 0 spiro atoms. The molecule has 2 heterocycles. The molecule has 9 rings (SSSR count). The van der Waals surface area contributed by atoms with Crippen molar-refractivity contribution in [3.63, 3.8) is 0 Å². The number of benzene rings is 7. The second-order valence-electron chi connectivity index (χ2n) is 10.9. The van der Waals surface area contributed by atoms with Gasteiger partial charge in [0.25, 0.3) is 0 Å². The molecule has 7 aromatic carbocycles. The molecule has 2 aromatic heterocycles. The number of anilines is 3. The molecule has 43 heavy (non-hydrogen) atoms. The molecular formula is C40H25NOS. The average Bonchev–Trinajstić information content (AvgIpc) is 3.64. The maximum atomic E-state index is 6.31. The number of thiophene rings is 1. The summed E-state index contributed by atoms with van der Waals surface area (Å²) >= 11 is 1.85. The molecule has 0 radical (unpaired) electrons. The second-order valence-corrected chi connectivity index (χ2v) is 12.0. The summed E-state index contributed by atoms with van der Waals surface area (Å²) in [7, 11) is 0. The van der Waals surface area contributed by atoms with Crippen molar-refractivity contribution in [1.29, 1.82) is 0 Å². The molecule has 202 valence electrons. The fourth-order valence-corrected chi connectivity index (χ4v) is 7.65. The lowest BCUT2D eigenvalue weighted by molar-refractivity contribution is 0.669. The average molecular weight is 568 g/mol. The van der Waals surface area contributed by atoms with Crippen LogP contribution < -0.4 is 4.90 Å². The summed E-state index contributed by atoms with van der Waals surface area (Å²) < 4.78 is 8.92. The minimum atomic E-state index is 0.899. The van der Waals surface area contributed by atoms with Crippen molar-refractivity contribution < 1.29 is 4.42 Å². The highest BCUT2D eigenvalue weighted by molar-refractivity contribution is 7.25. The maximum absolute atomic E-state index is 6.31. The molecule has 0 saturated heterocycles. The minimum absolute atomic E-state index is 0.899. The molecule has 0 amide bonds. The van der Waals surface area contributed by atoms with E-state index in [1.807, 2.05) is 23.5 Å². The van der Waals surface area contributed by atoms with Gasteiger partial charge in [-0.05, 0) is 59.5 Å². The third-order valence-corrected chi connectivity index (χ3v) is 9.62. The van der Waals surface area contributed by atoms with Gasteiger partial charge in [0, 0.05) is 47.6 Å². The van der Waals surface area contributed by atoms with Crippen LogP contribution in [0, 0.1) is 0 Å². The van der Waals surface area contributed by atoms with Gasteiger partial charge in [-0.15, -0.1) is 11.3 Å². The van der Waals surface area contributed by atoms with Crippen LogP contribution in [0.3, 0.4) is 0 Å². The first-order valence-electron chi connectivity index (χ1n) is 14.5. The molecular weight excluding hydrogens is 543 g/mol. The zero-order valence-electron chi connectivity index (χ0n) is 23.2. The van der Waals surface area contributed by atoms with Crippen molar-refractivity contribution in [1.82, 2.24) is 0 Å². The second kappa shape index (κ2) is 9.59. The normalized spacial score (nSPS) is 11.7. The number of fused-ring (bicyclic) bond motifs is 7. The summed E-state index contributed by atoms with van der Waals surface area (Å²) in [6.45, 7) is 0. The van der Waals surface area contributed by atoms with Crippen molar-refractivity contribution in [3.8, 4) is 11.1 Å². The van der Waals surface area contributed by atoms with Gasteiger partial charge in [0.05, 0.1) is 11.4 Å². The van der Waals surface area contributed by atoms with E-state index in [9.17, 15) is 0 Å². The third kappa shape index (κ3) is 3.79. The number of nitrogens with zero attached hydrogens (tertiary/aromatic N) is 1. The Kier molecular flexibility index (Phi) is 5.40. The molecule has 0 N–H and O–H groups in total. The minimum Gasteiger partial charge on any atom is -0.456 e. The number of rotatable bonds is 4. The van der Waals surface area contributed by atoms with Crippen molar-refractivity contribution in [2.75, 3.05) is 4.90 Å². The van der Waals surface area contributed by atoms with Crippen LogP contribution in [0.4, 0.5) is 17.1 Å². The maximum Gasteiger partial charge on any atom is 0.136 e. The summed E-state index contributed by atoms with van der Waals surface area (Å²) in [5, 5.41) is 7.27. The van der Waals surface area contributed by atoms with E-state index in [2.05, 4.69) is 144 Å². The van der Waals surface area contributed by atoms with E-state index in [0.717, 1.165) is 50.1 Å². The molecule has 0 bridgehead atoms. The van der Waals surface area contributed by atoms with Gasteiger partial charge in [0.1, 0.15) is 11.2 Å². The Labute approximate surface area is 252 Å². The lowest BCUT2D eigenvalue weighted by Gasteiger charge is -2.29. The predicted molar refractivity (Wildman–Crippen MR) is 184 cm³/mol. The van der Waals surface area contributed by atoms with Crippen LogP contribution in [0.15, 0.2) is 156 Å². The van der Waals surface area contributed by atoms with Crippen LogP contribution >= 0.6 is 11.3 Å². The first-order chi connectivity index (χ1) is 21.3. The molecule has 0 aliphatic carbocycles. The number of hydrogen-bond acceptors (Lipinski definition) is 3. The lowest BCUT2D eigenvalue weighted by atomic mass is 9.96. The summed E-state index contributed by atoms with van der Waals surface area (Å²) in [5.41, 5.74) is 7.51. The van der Waals surface area contributed by atoms with Gasteiger partial charge in [-0.2, -0.15) is 0 Å². The molecule has 0 fully saturated rings. The number of furan rings is 1. The van der Waals surface area contributed by atoms with Crippen molar-refractivity contribution in [2.45, 2.75) is 0 Å². The highest BCUT2D eigenvalue weighted by atomic mass is 32.1. The van der Waals surface area contributed by atoms with Crippen LogP contribution in [0.1, 0.15) is 0 Å². The highest BCUT2D eigenvalue weighted by Gasteiger charge is 2.22. The van der Waals surface area contributed by atoms with E-state index in [0.29, 0.717) is 0 Å². The van der Waals surface area contributed by atoms with Gasteiger partial charge < -0.3 is 9.32 Å². The Morgan fingerprint density at radius 2 is 1.09 bits per heavy atom. The zero-order valence-corrected chi connectivity index (χ0v) is 24.0. The van der Waals surface area contributed by atoms with Crippen LogP contribution in [-0.4, -0.2) is 0 Å². The summed E-state index contributed by atoms with van der Waals surface area (Å²) in [6, 6.07) is 54.3. The first-order valence-corrected chi connectivity index (χ1v) is 15.3. The Bertz CT molecular complexity index is 2480. The molecule has 2 nitrogen and oxygen atoms in total. The van der Waals surface area contributed by atoms with Crippen LogP contribution in [0.5, 0.6) is 0 Å². The molecule has 0 aliphatic rings. The Morgan fingerprint density at radius 3 is 2.05 bits per heavy atom. The van der Waals surface area contributed by atoms with Crippen molar-refractivity contribution in [2.24, 2.45) is 0 Å². The number of hydrogen-bond donors (Lipinski definition) is 0. The van der Waals surface area contributed by atoms with Gasteiger partial charge in [-0.1, -0.05) is 103 Å². The summed E-state index contributed by atoms with van der Waals surface area (Å²) in [4.78, 5) is 2.44. The molecule has 0 aliphatic heterocycles. The van der Waals surface area contributed by atoms with Gasteiger partial charge in [-0.3, -0.25) is 0 Å². The molecule has 0 unspecified atom stereocenters. The van der Waals surface area contributed by atoms with Gasteiger partial charge in [-0.25, -0.2) is 0 Å². The van der Waals surface area contributed by atoms with E-state index in [1.54, 1.807) is 0 Å². The highest BCUT2D eigenvalue weighted by Crippen LogP contribution is 2.47. The Balaban J connectivity index is 1.36. The Hall–Kier alpha value is -5.38. The van der Waals surface area contributed by atoms with Crippen LogP contribution in [0.2, 0.25) is 0 Å². The van der Waals surface area contributed by atoms with E-state index >= 15 is 0 Å². The lowest BCUT2D eigenvalue weighted by Crippen LogP contribution is -2.11. The molecule has 3 heteroatoms. The van der Waals surface area contributed by atoms with E-state index in [1.165, 1.54) is 30.9 Å². The van der Waals surface area contributed by atoms with Crippen LogP contribution in [-0.2, 0) is 0 Å². The fourth-order valence-electron chi connectivity index (χ4n) is 6.56. The SMILES string of the molecule is c1ccc(N(c2ccc3sc4ccccc4c3c2)c2cccc3ccccc23)c(-c2cccc3oc4ccccc4c23)c1. The first kappa shape index (κ1) is 24.2. The Morgan fingerprint density at radius 1 is 0.442 bits per heavy atom. The predicted octanol–water partition coefficient (Wildman–Crippen LogP) is 12.2. The standard InChI is InChI=1S/C40H25NOS/c1-2-13-28-26(11-1)12-9-19-34(28)41(27-23-24-39-33(25-27)30-15-5-8-22-38(30)43-39)35-18-6-3-14-29(35)31-17-10-21-37-40(31)32-16-4-7-20-36(32)42-37/h1-25H. The van der Waals surface area contributed by atoms with E-state index < -0.39 is 0 Å². The monoisotopic (exact) mass is 567 g/mol. The van der Waals surface area contributed by atoms with E-state index in [4.69, 9.17) is 4.42 Å². The molecule has 0 atom stereocenters. The molecule has 9 aromatic rings. The summed E-state index contributed by atoms with van der Waals surface area (Å²) in [6.07, 6.45) is 0. The van der Waals surface area contributed by atoms with Crippen molar-refractivity contribution >= 4 is 81.3 Å². The van der Waals surface area contributed by atoms with Crippen LogP contribution in [0.25, 0.3) is 64.0 Å².